The van der Waals surface area contributed by atoms with Crippen molar-refractivity contribution in [3.05, 3.63) is 41.7 Å². The van der Waals surface area contributed by atoms with Crippen LogP contribution in [-0.4, -0.2) is 30.3 Å². The zero-order chi connectivity index (χ0) is 14.2. The van der Waals surface area contributed by atoms with Crippen molar-refractivity contribution in [1.29, 1.82) is 5.41 Å². The van der Waals surface area contributed by atoms with Crippen molar-refractivity contribution < 1.29 is 8.42 Å². The molecule has 0 aliphatic carbocycles. The van der Waals surface area contributed by atoms with Gasteiger partial charge in [0.05, 0.1) is 11.9 Å². The minimum absolute atomic E-state index is 0.0879. The van der Waals surface area contributed by atoms with Crippen LogP contribution < -0.4 is 5.73 Å². The summed E-state index contributed by atoms with van der Waals surface area (Å²) in [6.07, 6.45) is 3.83. The molecule has 7 heteroatoms. The van der Waals surface area contributed by atoms with Crippen LogP contribution in [0.25, 0.3) is 5.69 Å². The summed E-state index contributed by atoms with van der Waals surface area (Å²) in [5.74, 6) is -0.0879. The van der Waals surface area contributed by atoms with Gasteiger partial charge in [-0.15, -0.1) is 0 Å². The molecule has 0 unspecified atom stereocenters. The number of aryl methyl sites for hydroxylation is 1. The van der Waals surface area contributed by atoms with Crippen LogP contribution >= 0.6 is 0 Å². The van der Waals surface area contributed by atoms with E-state index in [0.717, 1.165) is 11.8 Å². The van der Waals surface area contributed by atoms with Gasteiger partial charge in [0.1, 0.15) is 10.7 Å². The second kappa shape index (κ2) is 4.51. The SMILES string of the molecule is Cc1cccc(C(=N)N)c1-n1cc(S(C)(=O)=O)cn1. The first-order chi connectivity index (χ1) is 8.80. The van der Waals surface area contributed by atoms with Crippen molar-refractivity contribution in [2.45, 2.75) is 11.8 Å². The lowest BCUT2D eigenvalue weighted by Crippen LogP contribution is -2.15. The minimum Gasteiger partial charge on any atom is -0.384 e. The molecule has 1 aromatic carbocycles. The average molecular weight is 278 g/mol. The Morgan fingerprint density at radius 1 is 1.42 bits per heavy atom. The van der Waals surface area contributed by atoms with E-state index in [4.69, 9.17) is 11.1 Å². The molecule has 1 heterocycles. The van der Waals surface area contributed by atoms with Crippen LogP contribution in [0.3, 0.4) is 0 Å². The van der Waals surface area contributed by atoms with E-state index in [1.807, 2.05) is 13.0 Å². The largest absolute Gasteiger partial charge is 0.384 e. The quantitative estimate of drug-likeness (QED) is 0.642. The summed E-state index contributed by atoms with van der Waals surface area (Å²) < 4.78 is 24.4. The smallest absolute Gasteiger partial charge is 0.178 e. The van der Waals surface area contributed by atoms with Crippen LogP contribution in [-0.2, 0) is 9.84 Å². The molecule has 0 bridgehead atoms. The highest BCUT2D eigenvalue weighted by Crippen LogP contribution is 2.20. The number of rotatable bonds is 3. The molecule has 0 fully saturated rings. The molecule has 100 valence electrons. The molecule has 0 aliphatic heterocycles. The predicted octanol–water partition coefficient (Wildman–Crippen LogP) is 0.868. The van der Waals surface area contributed by atoms with Gasteiger partial charge in [-0.3, -0.25) is 5.41 Å². The van der Waals surface area contributed by atoms with E-state index in [1.165, 1.54) is 17.1 Å². The van der Waals surface area contributed by atoms with Crippen LogP contribution in [0.15, 0.2) is 35.5 Å². The maximum Gasteiger partial charge on any atom is 0.178 e. The molecule has 2 aromatic rings. The van der Waals surface area contributed by atoms with E-state index in [2.05, 4.69) is 5.10 Å². The lowest BCUT2D eigenvalue weighted by molar-refractivity contribution is 0.602. The van der Waals surface area contributed by atoms with E-state index < -0.39 is 9.84 Å². The number of nitrogens with two attached hydrogens (primary N) is 1. The van der Waals surface area contributed by atoms with Gasteiger partial charge in [-0.1, -0.05) is 12.1 Å². The van der Waals surface area contributed by atoms with Gasteiger partial charge in [0.25, 0.3) is 0 Å². The van der Waals surface area contributed by atoms with Gasteiger partial charge < -0.3 is 5.73 Å². The molecule has 0 saturated carbocycles. The first-order valence-electron chi connectivity index (χ1n) is 5.50. The predicted molar refractivity (Wildman–Crippen MR) is 72.4 cm³/mol. The van der Waals surface area contributed by atoms with Crippen molar-refractivity contribution in [2.24, 2.45) is 5.73 Å². The van der Waals surface area contributed by atoms with Crippen molar-refractivity contribution in [1.82, 2.24) is 9.78 Å². The van der Waals surface area contributed by atoms with E-state index in [1.54, 1.807) is 12.1 Å². The molecule has 2 rings (SSSR count). The van der Waals surface area contributed by atoms with Gasteiger partial charge in [0, 0.05) is 18.0 Å². The Kier molecular flexibility index (Phi) is 3.15. The molecule has 0 radical (unpaired) electrons. The van der Waals surface area contributed by atoms with Gasteiger partial charge in [0.15, 0.2) is 9.84 Å². The summed E-state index contributed by atoms with van der Waals surface area (Å²) in [5.41, 5.74) is 7.53. The van der Waals surface area contributed by atoms with Crippen LogP contribution in [0.1, 0.15) is 11.1 Å². The van der Waals surface area contributed by atoms with E-state index in [-0.39, 0.29) is 10.7 Å². The maximum absolute atomic E-state index is 11.5. The molecule has 1 aromatic heterocycles. The number of hydrogen-bond donors (Lipinski definition) is 2. The Morgan fingerprint density at radius 2 is 2.11 bits per heavy atom. The third kappa shape index (κ3) is 2.50. The summed E-state index contributed by atoms with van der Waals surface area (Å²) in [7, 11) is -3.30. The second-order valence-electron chi connectivity index (χ2n) is 4.28. The maximum atomic E-state index is 11.5. The highest BCUT2D eigenvalue weighted by molar-refractivity contribution is 7.90. The molecule has 3 N–H and O–H groups in total. The van der Waals surface area contributed by atoms with Gasteiger partial charge in [-0.25, -0.2) is 13.1 Å². The number of nitrogens with zero attached hydrogens (tertiary/aromatic N) is 2. The molecule has 0 spiro atoms. The van der Waals surface area contributed by atoms with E-state index in [0.29, 0.717) is 11.3 Å². The number of para-hydroxylation sites is 1. The molecule has 0 aliphatic rings. The molecule has 0 atom stereocenters. The molecule has 6 nitrogen and oxygen atoms in total. The third-order valence-electron chi connectivity index (χ3n) is 2.74. The zero-order valence-corrected chi connectivity index (χ0v) is 11.4. The Balaban J connectivity index is 2.66. The summed E-state index contributed by atoms with van der Waals surface area (Å²) >= 11 is 0. The topological polar surface area (TPSA) is 102 Å². The highest BCUT2D eigenvalue weighted by atomic mass is 32.2. The van der Waals surface area contributed by atoms with Crippen LogP contribution in [0.4, 0.5) is 0 Å². The van der Waals surface area contributed by atoms with Crippen LogP contribution in [0.5, 0.6) is 0 Å². The van der Waals surface area contributed by atoms with Crippen LogP contribution in [0.2, 0.25) is 0 Å². The summed E-state index contributed by atoms with van der Waals surface area (Å²) in [6, 6.07) is 5.34. The van der Waals surface area contributed by atoms with Gasteiger partial charge in [0.2, 0.25) is 0 Å². The fraction of sp³-hybridized carbons (Fsp3) is 0.167. The standard InChI is InChI=1S/C12H14N4O2S/c1-8-4-3-5-10(12(13)14)11(8)16-7-9(6-15-16)19(2,17)18/h3-7H,1-2H3,(H3,13,14). The molecule has 0 amide bonds. The molecular weight excluding hydrogens is 264 g/mol. The summed E-state index contributed by atoms with van der Waals surface area (Å²) in [4.78, 5) is 0.130. The average Bonchev–Trinajstić information content (AvgIpc) is 2.77. The van der Waals surface area contributed by atoms with Gasteiger partial charge >= 0.3 is 0 Å². The third-order valence-corrected chi connectivity index (χ3v) is 3.81. The van der Waals surface area contributed by atoms with Crippen LogP contribution in [0, 0.1) is 12.3 Å². The van der Waals surface area contributed by atoms with Crippen molar-refractivity contribution >= 4 is 15.7 Å². The molecular formula is C12H14N4O2S. The first kappa shape index (κ1) is 13.3. The Labute approximate surface area is 111 Å². The lowest BCUT2D eigenvalue weighted by atomic mass is 10.1. The second-order valence-corrected chi connectivity index (χ2v) is 6.29. The van der Waals surface area contributed by atoms with Gasteiger partial charge in [-0.2, -0.15) is 5.10 Å². The van der Waals surface area contributed by atoms with E-state index in [9.17, 15) is 8.42 Å². The van der Waals surface area contributed by atoms with Crippen molar-refractivity contribution in [3.63, 3.8) is 0 Å². The summed E-state index contributed by atoms with van der Waals surface area (Å²) in [5, 5.41) is 11.6. The monoisotopic (exact) mass is 278 g/mol. The molecule has 0 saturated heterocycles. The number of aromatic nitrogens is 2. The normalized spacial score (nSPS) is 11.5. The fourth-order valence-electron chi connectivity index (χ4n) is 1.80. The number of amidine groups is 1. The number of benzene rings is 1. The Morgan fingerprint density at radius 3 is 2.63 bits per heavy atom. The van der Waals surface area contributed by atoms with Gasteiger partial charge in [-0.05, 0) is 18.6 Å². The lowest BCUT2D eigenvalue weighted by Gasteiger charge is -2.11. The fourth-order valence-corrected chi connectivity index (χ4v) is 2.33. The minimum atomic E-state index is -3.30. The summed E-state index contributed by atoms with van der Waals surface area (Å²) in [6.45, 7) is 1.85. The van der Waals surface area contributed by atoms with Crippen molar-refractivity contribution in [3.8, 4) is 5.69 Å². The Bertz CT molecular complexity index is 747. The highest BCUT2D eigenvalue weighted by Gasteiger charge is 2.15. The molecule has 19 heavy (non-hydrogen) atoms. The number of nitrogen functional groups attached to an aromatic ring is 1. The first-order valence-corrected chi connectivity index (χ1v) is 7.39. The van der Waals surface area contributed by atoms with Crippen molar-refractivity contribution in [2.75, 3.05) is 6.26 Å². The number of hydrogen-bond acceptors (Lipinski definition) is 4. The Hall–Kier alpha value is -2.15. The number of nitrogens with one attached hydrogen (secondary N) is 1. The number of sulfone groups is 1. The zero-order valence-electron chi connectivity index (χ0n) is 10.6. The van der Waals surface area contributed by atoms with E-state index >= 15 is 0 Å².